The highest BCUT2D eigenvalue weighted by Crippen LogP contribution is 2.21. The summed E-state index contributed by atoms with van der Waals surface area (Å²) in [5, 5.41) is 12.0. The number of nitrogens with one attached hydrogen (secondary N) is 1. The summed E-state index contributed by atoms with van der Waals surface area (Å²) in [5.41, 5.74) is 0.627. The molecular weight excluding hydrogens is 416 g/mol. The Hall–Kier alpha value is -3.22. The highest BCUT2D eigenvalue weighted by atomic mass is 32.2. The number of hydrogen-bond donors (Lipinski definition) is 1. The molecule has 2 aromatic rings. The quantitative estimate of drug-likeness (QED) is 0.734. The second-order valence-corrected chi connectivity index (χ2v) is 9.24. The van der Waals surface area contributed by atoms with Gasteiger partial charge in [-0.3, -0.25) is 9.59 Å². The van der Waals surface area contributed by atoms with E-state index in [4.69, 9.17) is 0 Å². The van der Waals surface area contributed by atoms with Crippen molar-refractivity contribution in [2.75, 3.05) is 26.2 Å². The molecule has 2 amide bonds. The van der Waals surface area contributed by atoms with Crippen LogP contribution in [0.2, 0.25) is 0 Å². The maximum Gasteiger partial charge on any atom is 0.251 e. The van der Waals surface area contributed by atoms with Gasteiger partial charge in [0.05, 0.1) is 10.5 Å². The van der Waals surface area contributed by atoms with E-state index in [9.17, 15) is 23.3 Å². The van der Waals surface area contributed by atoms with E-state index in [1.54, 1.807) is 48.2 Å². The minimum atomic E-state index is -3.81. The summed E-state index contributed by atoms with van der Waals surface area (Å²) in [6.45, 7) is 2.58. The Kier molecular flexibility index (Phi) is 7.05. The number of carbonyl (C=O) groups excluding carboxylic acids is 2. The molecule has 1 heterocycles. The third kappa shape index (κ3) is 5.29. The van der Waals surface area contributed by atoms with Crippen molar-refractivity contribution >= 4 is 21.8 Å². The van der Waals surface area contributed by atoms with Gasteiger partial charge in [-0.05, 0) is 31.2 Å². The fourth-order valence-electron chi connectivity index (χ4n) is 3.44. The number of piperazine rings is 1. The van der Waals surface area contributed by atoms with E-state index in [0.717, 1.165) is 0 Å². The summed E-state index contributed by atoms with van der Waals surface area (Å²) < 4.78 is 27.1. The Morgan fingerprint density at radius 2 is 1.65 bits per heavy atom. The van der Waals surface area contributed by atoms with Crippen LogP contribution in [0, 0.1) is 11.3 Å². The predicted molar refractivity (Wildman–Crippen MR) is 114 cm³/mol. The number of sulfonamides is 1. The first-order chi connectivity index (χ1) is 14.8. The van der Waals surface area contributed by atoms with Crippen molar-refractivity contribution < 1.29 is 18.0 Å². The average Bonchev–Trinajstić information content (AvgIpc) is 2.79. The van der Waals surface area contributed by atoms with Crippen molar-refractivity contribution in [3.05, 3.63) is 65.7 Å². The molecule has 0 aliphatic carbocycles. The lowest BCUT2D eigenvalue weighted by molar-refractivity contribution is -0.132. The largest absolute Gasteiger partial charge is 0.349 e. The fraction of sp³-hybridized carbons (Fsp3) is 0.318. The third-order valence-electron chi connectivity index (χ3n) is 5.11. The molecule has 1 fully saturated rings. The molecule has 0 radical (unpaired) electrons. The van der Waals surface area contributed by atoms with Crippen molar-refractivity contribution in [3.8, 4) is 6.07 Å². The highest BCUT2D eigenvalue weighted by Gasteiger charge is 2.31. The zero-order valence-electron chi connectivity index (χ0n) is 17.2. The van der Waals surface area contributed by atoms with Gasteiger partial charge in [0, 0.05) is 44.2 Å². The Balaban J connectivity index is 1.55. The Morgan fingerprint density at radius 3 is 2.29 bits per heavy atom. The maximum atomic E-state index is 12.9. The molecular formula is C22H24N4O4S. The van der Waals surface area contributed by atoms with Crippen LogP contribution in [0.1, 0.15) is 29.3 Å². The molecule has 8 nitrogen and oxygen atoms in total. The van der Waals surface area contributed by atoms with Crippen LogP contribution in [-0.2, 0) is 14.8 Å². The number of amides is 2. The molecule has 0 saturated carbocycles. The van der Waals surface area contributed by atoms with E-state index in [1.165, 1.54) is 16.4 Å². The van der Waals surface area contributed by atoms with Gasteiger partial charge in [0.25, 0.3) is 5.91 Å². The van der Waals surface area contributed by atoms with Crippen molar-refractivity contribution in [2.24, 2.45) is 0 Å². The van der Waals surface area contributed by atoms with Crippen LogP contribution in [0.15, 0.2) is 59.5 Å². The van der Waals surface area contributed by atoms with Crippen LogP contribution in [0.3, 0.4) is 0 Å². The topological polar surface area (TPSA) is 111 Å². The number of carbonyl (C=O) groups is 2. The Labute approximate surface area is 182 Å². The Bertz CT molecular complexity index is 1090. The molecule has 1 N–H and O–H groups in total. The van der Waals surface area contributed by atoms with Gasteiger partial charge < -0.3 is 10.2 Å². The van der Waals surface area contributed by atoms with E-state index in [2.05, 4.69) is 5.32 Å². The zero-order chi connectivity index (χ0) is 22.4. The molecule has 2 aromatic carbocycles. The molecule has 3 rings (SSSR count). The summed E-state index contributed by atoms with van der Waals surface area (Å²) in [7, 11) is -3.81. The molecule has 162 valence electrons. The zero-order valence-corrected chi connectivity index (χ0v) is 18.0. The third-order valence-corrected chi connectivity index (χ3v) is 7.07. The van der Waals surface area contributed by atoms with E-state index in [1.807, 2.05) is 12.1 Å². The first kappa shape index (κ1) is 22.5. The molecule has 31 heavy (non-hydrogen) atoms. The van der Waals surface area contributed by atoms with Gasteiger partial charge in [0.2, 0.25) is 15.9 Å². The van der Waals surface area contributed by atoms with Gasteiger partial charge in [-0.1, -0.05) is 30.3 Å². The predicted octanol–water partition coefficient (Wildman–Crippen LogP) is 1.60. The number of benzene rings is 2. The second kappa shape index (κ2) is 9.73. The molecule has 1 atom stereocenters. The van der Waals surface area contributed by atoms with E-state index >= 15 is 0 Å². The van der Waals surface area contributed by atoms with Crippen LogP contribution in [0.25, 0.3) is 0 Å². The highest BCUT2D eigenvalue weighted by molar-refractivity contribution is 7.89. The van der Waals surface area contributed by atoms with Gasteiger partial charge in [0.1, 0.15) is 6.07 Å². The fourth-order valence-corrected chi connectivity index (χ4v) is 5.00. The maximum absolute atomic E-state index is 12.9. The Morgan fingerprint density at radius 1 is 1.03 bits per heavy atom. The molecule has 0 bridgehead atoms. The average molecular weight is 441 g/mol. The molecule has 1 unspecified atom stereocenters. The lowest BCUT2D eigenvalue weighted by Gasteiger charge is -2.34. The minimum Gasteiger partial charge on any atom is -0.349 e. The number of hydrogen-bond acceptors (Lipinski definition) is 5. The molecule has 9 heteroatoms. The number of nitriles is 1. The lowest BCUT2D eigenvalue weighted by Crippen LogP contribution is -2.51. The van der Waals surface area contributed by atoms with Gasteiger partial charge in [0.15, 0.2) is 0 Å². The summed E-state index contributed by atoms with van der Waals surface area (Å²) >= 11 is 0. The summed E-state index contributed by atoms with van der Waals surface area (Å²) in [4.78, 5) is 26.4. The molecule has 1 saturated heterocycles. The van der Waals surface area contributed by atoms with Crippen LogP contribution >= 0.6 is 0 Å². The van der Waals surface area contributed by atoms with Crippen LogP contribution < -0.4 is 5.32 Å². The van der Waals surface area contributed by atoms with Gasteiger partial charge in [-0.15, -0.1) is 0 Å². The first-order valence-corrected chi connectivity index (χ1v) is 11.4. The monoisotopic (exact) mass is 440 g/mol. The van der Waals surface area contributed by atoms with E-state index in [-0.39, 0.29) is 60.9 Å². The van der Waals surface area contributed by atoms with E-state index in [0.29, 0.717) is 5.56 Å². The van der Waals surface area contributed by atoms with Crippen molar-refractivity contribution in [1.82, 2.24) is 14.5 Å². The first-order valence-electron chi connectivity index (χ1n) is 9.96. The minimum absolute atomic E-state index is 0.0190. The second-order valence-electron chi connectivity index (χ2n) is 7.34. The van der Waals surface area contributed by atoms with Crippen LogP contribution in [0.4, 0.5) is 0 Å². The van der Waals surface area contributed by atoms with Gasteiger partial charge >= 0.3 is 0 Å². The molecule has 0 aromatic heterocycles. The van der Waals surface area contributed by atoms with Crippen LogP contribution in [-0.4, -0.2) is 61.7 Å². The summed E-state index contributed by atoms with van der Waals surface area (Å²) in [5.74, 6) is -0.386. The number of nitrogens with zero attached hydrogens (tertiary/aromatic N) is 3. The summed E-state index contributed by atoms with van der Waals surface area (Å²) in [6, 6.07) is 16.4. The van der Waals surface area contributed by atoms with Gasteiger partial charge in [-0.25, -0.2) is 8.42 Å². The standard InChI is InChI=1S/C22H24N4O4S/c1-17(24-22(28)18-7-3-2-4-8-18)15-21(27)25-11-13-26(14-12-25)31(29,30)20-10-6-5-9-19(20)16-23/h2-10,17H,11-15H2,1H3,(H,24,28). The number of rotatable bonds is 6. The smallest absolute Gasteiger partial charge is 0.251 e. The van der Waals surface area contributed by atoms with Crippen LogP contribution in [0.5, 0.6) is 0 Å². The van der Waals surface area contributed by atoms with Crippen molar-refractivity contribution in [2.45, 2.75) is 24.3 Å². The summed E-state index contributed by atoms with van der Waals surface area (Å²) in [6.07, 6.45) is 0.128. The van der Waals surface area contributed by atoms with Gasteiger partial charge in [-0.2, -0.15) is 9.57 Å². The molecule has 1 aliphatic heterocycles. The normalized spacial score (nSPS) is 15.7. The lowest BCUT2D eigenvalue weighted by atomic mass is 10.1. The van der Waals surface area contributed by atoms with Crippen molar-refractivity contribution in [3.63, 3.8) is 0 Å². The SMILES string of the molecule is CC(CC(=O)N1CCN(S(=O)(=O)c2ccccc2C#N)CC1)NC(=O)c1ccccc1. The van der Waals surface area contributed by atoms with Crippen molar-refractivity contribution in [1.29, 1.82) is 5.26 Å². The molecule has 0 spiro atoms. The van der Waals surface area contributed by atoms with E-state index < -0.39 is 10.0 Å². The molecule has 1 aliphatic rings.